The van der Waals surface area contributed by atoms with E-state index in [-0.39, 0.29) is 41.5 Å². The third-order valence-corrected chi connectivity index (χ3v) is 7.84. The Morgan fingerprint density at radius 1 is 0.938 bits per heavy atom. The number of hydrogen-bond acceptors (Lipinski definition) is 5. The molecule has 8 heteroatoms. The van der Waals surface area contributed by atoms with Crippen LogP contribution in [-0.2, 0) is 21.2 Å². The van der Waals surface area contributed by atoms with Gasteiger partial charge in [-0.25, -0.2) is 17.8 Å². The Morgan fingerprint density at radius 3 is 2.31 bits per heavy atom. The van der Waals surface area contributed by atoms with Crippen molar-refractivity contribution in [3.8, 4) is 0 Å². The highest BCUT2D eigenvalue weighted by Crippen LogP contribution is 2.31. The lowest BCUT2D eigenvalue weighted by Gasteiger charge is -2.20. The zero-order valence-electron chi connectivity index (χ0n) is 17.1. The molecule has 0 saturated carbocycles. The topological polar surface area (TPSA) is 67.3 Å². The highest BCUT2D eigenvalue weighted by Gasteiger charge is 2.22. The van der Waals surface area contributed by atoms with Crippen molar-refractivity contribution in [2.45, 2.75) is 24.3 Å². The van der Waals surface area contributed by atoms with Crippen molar-refractivity contribution >= 4 is 42.4 Å². The molecular weight excluding hydrogens is 447 g/mol. The summed E-state index contributed by atoms with van der Waals surface area (Å²) in [5, 5.41) is 0.393. The molecule has 0 aliphatic carbocycles. The molecule has 0 bridgehead atoms. The van der Waals surface area contributed by atoms with E-state index in [1.165, 1.54) is 22.3 Å². The molecule has 0 unspecified atom stereocenters. The minimum atomic E-state index is -3.46. The van der Waals surface area contributed by atoms with Gasteiger partial charge in [-0.3, -0.25) is 9.69 Å². The number of hydrogen-bond donors (Lipinski definition) is 0. The molecule has 0 radical (unpaired) electrons. The Balaban J connectivity index is 1.54. The van der Waals surface area contributed by atoms with Crippen LogP contribution in [0.3, 0.4) is 0 Å². The van der Waals surface area contributed by atoms with Gasteiger partial charge in [0.25, 0.3) is 0 Å². The van der Waals surface area contributed by atoms with Crippen molar-refractivity contribution in [1.29, 1.82) is 0 Å². The van der Waals surface area contributed by atoms with E-state index in [1.54, 1.807) is 42.5 Å². The lowest BCUT2D eigenvalue weighted by Crippen LogP contribution is -2.30. The number of halogens is 1. The first kappa shape index (κ1) is 22.1. The fourth-order valence-corrected chi connectivity index (χ4v) is 5.67. The maximum atomic E-state index is 14.2. The van der Waals surface area contributed by atoms with Crippen molar-refractivity contribution < 1.29 is 17.6 Å². The summed E-state index contributed by atoms with van der Waals surface area (Å²) >= 11 is 1.24. The number of carbonyl (C=O) groups excluding carboxylic acids is 1. The number of sulfone groups is 1. The summed E-state index contributed by atoms with van der Waals surface area (Å²) in [4.78, 5) is 19.3. The minimum absolute atomic E-state index is 0.0390. The molecule has 0 N–H and O–H groups in total. The molecular formula is C24H21FN2O3S2. The molecule has 0 aliphatic rings. The first-order valence-electron chi connectivity index (χ1n) is 10.1. The van der Waals surface area contributed by atoms with E-state index in [2.05, 4.69) is 4.98 Å². The number of aromatic nitrogens is 1. The van der Waals surface area contributed by atoms with Crippen LogP contribution >= 0.6 is 11.3 Å². The van der Waals surface area contributed by atoms with Crippen LogP contribution in [0.4, 0.5) is 9.52 Å². The molecule has 1 aromatic heterocycles. The third-order valence-electron chi connectivity index (χ3n) is 4.98. The zero-order valence-corrected chi connectivity index (χ0v) is 18.8. The van der Waals surface area contributed by atoms with Crippen LogP contribution in [0.1, 0.15) is 18.4 Å². The van der Waals surface area contributed by atoms with Crippen molar-refractivity contribution in [2.24, 2.45) is 0 Å². The van der Waals surface area contributed by atoms with E-state index in [0.717, 1.165) is 5.56 Å². The predicted molar refractivity (Wildman–Crippen MR) is 125 cm³/mol. The van der Waals surface area contributed by atoms with Gasteiger partial charge in [-0.15, -0.1) is 0 Å². The summed E-state index contributed by atoms with van der Waals surface area (Å²) in [6.07, 6.45) is 0.220. The predicted octanol–water partition coefficient (Wildman–Crippen LogP) is 5.22. The molecule has 4 aromatic rings. The Labute approximate surface area is 190 Å². The van der Waals surface area contributed by atoms with Crippen LogP contribution in [-0.4, -0.2) is 25.1 Å². The van der Waals surface area contributed by atoms with Crippen LogP contribution in [0.15, 0.2) is 83.8 Å². The van der Waals surface area contributed by atoms with Crippen LogP contribution in [0, 0.1) is 5.82 Å². The molecule has 1 heterocycles. The normalized spacial score (nSPS) is 11.5. The van der Waals surface area contributed by atoms with Crippen molar-refractivity contribution in [1.82, 2.24) is 4.98 Å². The van der Waals surface area contributed by atoms with E-state index in [4.69, 9.17) is 0 Å². The summed E-state index contributed by atoms with van der Waals surface area (Å²) in [7, 11) is -3.46. The number of rotatable bonds is 8. The molecule has 0 atom stereocenters. The van der Waals surface area contributed by atoms with Gasteiger partial charge in [0.1, 0.15) is 11.3 Å². The third kappa shape index (κ3) is 5.03. The summed E-state index contributed by atoms with van der Waals surface area (Å²) in [6, 6.07) is 22.3. The number of para-hydroxylation sites is 1. The van der Waals surface area contributed by atoms with Gasteiger partial charge in [-0.05, 0) is 36.2 Å². The quantitative estimate of drug-likeness (QED) is 0.355. The summed E-state index contributed by atoms with van der Waals surface area (Å²) < 4.78 is 39.9. The standard InChI is InChI=1S/C24H21FN2O3S2/c25-20-13-7-14-21-23(20)26-24(31-21)27(17-18-9-3-1-4-10-18)22(28)15-8-16-32(29,30)19-11-5-2-6-12-19/h1-7,9-14H,8,15-17H2. The maximum absolute atomic E-state index is 14.2. The van der Waals surface area contributed by atoms with Gasteiger partial charge in [0.15, 0.2) is 15.0 Å². The molecule has 0 spiro atoms. The lowest BCUT2D eigenvalue weighted by atomic mass is 10.2. The second-order valence-electron chi connectivity index (χ2n) is 7.28. The summed E-state index contributed by atoms with van der Waals surface area (Å²) in [6.45, 7) is 0.270. The van der Waals surface area contributed by atoms with E-state index < -0.39 is 15.7 Å². The van der Waals surface area contributed by atoms with Gasteiger partial charge >= 0.3 is 0 Å². The molecule has 4 rings (SSSR count). The average Bonchev–Trinajstić information content (AvgIpc) is 3.24. The van der Waals surface area contributed by atoms with Crippen molar-refractivity contribution in [3.63, 3.8) is 0 Å². The summed E-state index contributed by atoms with van der Waals surface area (Å²) in [5.41, 5.74) is 1.13. The maximum Gasteiger partial charge on any atom is 0.229 e. The van der Waals surface area contributed by atoms with E-state index >= 15 is 0 Å². The Bertz CT molecular complexity index is 1320. The van der Waals surface area contributed by atoms with Gasteiger partial charge in [0.05, 0.1) is 21.9 Å². The second-order valence-corrected chi connectivity index (χ2v) is 10.4. The van der Waals surface area contributed by atoms with Crippen molar-refractivity contribution in [2.75, 3.05) is 10.7 Å². The van der Waals surface area contributed by atoms with Gasteiger partial charge in [0.2, 0.25) is 5.91 Å². The highest BCUT2D eigenvalue weighted by atomic mass is 32.2. The molecule has 32 heavy (non-hydrogen) atoms. The van der Waals surface area contributed by atoms with Gasteiger partial charge in [-0.2, -0.15) is 0 Å². The van der Waals surface area contributed by atoms with E-state index in [9.17, 15) is 17.6 Å². The molecule has 5 nitrogen and oxygen atoms in total. The fraction of sp³-hybridized carbons (Fsp3) is 0.167. The SMILES string of the molecule is O=C(CCCS(=O)(=O)c1ccccc1)N(Cc1ccccc1)c1nc2c(F)cccc2s1. The molecule has 1 amide bonds. The molecule has 3 aromatic carbocycles. The number of benzene rings is 3. The van der Waals surface area contributed by atoms with E-state index in [0.29, 0.717) is 9.83 Å². The average molecular weight is 469 g/mol. The first-order valence-corrected chi connectivity index (χ1v) is 12.6. The van der Waals surface area contributed by atoms with Crippen LogP contribution in [0.25, 0.3) is 10.2 Å². The highest BCUT2D eigenvalue weighted by molar-refractivity contribution is 7.91. The Kier molecular flexibility index (Phi) is 6.62. The molecule has 0 fully saturated rings. The minimum Gasteiger partial charge on any atom is -0.284 e. The van der Waals surface area contributed by atoms with Gasteiger partial charge in [-0.1, -0.05) is 65.9 Å². The number of thiazole rings is 1. The molecule has 164 valence electrons. The van der Waals surface area contributed by atoms with Crippen LogP contribution < -0.4 is 4.90 Å². The van der Waals surface area contributed by atoms with Crippen molar-refractivity contribution in [3.05, 3.63) is 90.2 Å². The monoisotopic (exact) mass is 468 g/mol. The lowest BCUT2D eigenvalue weighted by molar-refractivity contribution is -0.118. The number of fused-ring (bicyclic) bond motifs is 1. The number of amides is 1. The van der Waals surface area contributed by atoms with Gasteiger partial charge < -0.3 is 0 Å². The Hall–Kier alpha value is -3.10. The smallest absolute Gasteiger partial charge is 0.229 e. The Morgan fingerprint density at radius 2 is 1.62 bits per heavy atom. The number of carbonyl (C=O) groups is 1. The van der Waals surface area contributed by atoms with Crippen LogP contribution in [0.2, 0.25) is 0 Å². The van der Waals surface area contributed by atoms with Gasteiger partial charge in [0, 0.05) is 6.42 Å². The fourth-order valence-electron chi connectivity index (χ4n) is 3.34. The first-order chi connectivity index (χ1) is 15.4. The summed E-state index contributed by atoms with van der Waals surface area (Å²) in [5.74, 6) is -0.821. The molecule has 0 aliphatic heterocycles. The number of anilines is 1. The molecule has 0 saturated heterocycles. The van der Waals surface area contributed by atoms with E-state index in [1.807, 2.05) is 30.3 Å². The largest absolute Gasteiger partial charge is 0.284 e. The zero-order chi connectivity index (χ0) is 22.6. The van der Waals surface area contributed by atoms with Crippen LogP contribution in [0.5, 0.6) is 0 Å². The second kappa shape index (κ2) is 9.58. The number of nitrogens with zero attached hydrogens (tertiary/aromatic N) is 2.